The summed E-state index contributed by atoms with van der Waals surface area (Å²) in [4.78, 5) is 20.2. The quantitative estimate of drug-likeness (QED) is 0.179. The van der Waals surface area contributed by atoms with E-state index in [0.29, 0.717) is 17.5 Å². The monoisotopic (exact) mass is 692 g/mol. The van der Waals surface area contributed by atoms with Crippen molar-refractivity contribution < 1.29 is 8.83 Å². The molecule has 11 aromatic rings. The SMILES string of the molecule is c1ccc(-c2nc(-c3ccccc3-c3ccc(-c4ccccc4)c4oc5cc6ncccc6cc5c34)nc(-c3cccc4oc5ccccc5c34)n2)cc1. The molecule has 0 saturated carbocycles. The molecule has 0 unspecified atom stereocenters. The number of para-hydroxylation sites is 1. The number of furan rings is 2. The zero-order valence-corrected chi connectivity index (χ0v) is 28.8. The van der Waals surface area contributed by atoms with Crippen LogP contribution < -0.4 is 0 Å². The molecule has 4 aromatic heterocycles. The highest BCUT2D eigenvalue weighted by Gasteiger charge is 2.23. The van der Waals surface area contributed by atoms with E-state index in [9.17, 15) is 0 Å². The van der Waals surface area contributed by atoms with Gasteiger partial charge in [-0.25, -0.2) is 15.0 Å². The maximum atomic E-state index is 6.79. The third kappa shape index (κ3) is 4.81. The smallest absolute Gasteiger partial charge is 0.164 e. The number of fused-ring (bicyclic) bond motifs is 7. The summed E-state index contributed by atoms with van der Waals surface area (Å²) < 4.78 is 13.1. The molecule has 0 aliphatic heterocycles. The summed E-state index contributed by atoms with van der Waals surface area (Å²) in [6, 6.07) is 55.6. The maximum Gasteiger partial charge on any atom is 0.164 e. The van der Waals surface area contributed by atoms with Gasteiger partial charge in [-0.05, 0) is 47.0 Å². The number of nitrogens with zero attached hydrogens (tertiary/aromatic N) is 4. The molecule has 11 rings (SSSR count). The van der Waals surface area contributed by atoms with Crippen molar-refractivity contribution in [3.63, 3.8) is 0 Å². The second kappa shape index (κ2) is 12.1. The molecule has 7 aromatic carbocycles. The van der Waals surface area contributed by atoms with Crippen molar-refractivity contribution in [2.24, 2.45) is 0 Å². The molecule has 0 spiro atoms. The third-order valence-electron chi connectivity index (χ3n) is 10.2. The highest BCUT2D eigenvalue weighted by Crippen LogP contribution is 2.45. The number of pyridine rings is 1. The van der Waals surface area contributed by atoms with E-state index in [1.54, 1.807) is 0 Å². The Morgan fingerprint density at radius 2 is 1.04 bits per heavy atom. The first-order chi connectivity index (χ1) is 26.8. The van der Waals surface area contributed by atoms with E-state index in [0.717, 1.165) is 93.7 Å². The summed E-state index contributed by atoms with van der Waals surface area (Å²) in [6.45, 7) is 0. The Hall–Kier alpha value is -7.44. The van der Waals surface area contributed by atoms with E-state index >= 15 is 0 Å². The number of rotatable bonds is 5. The van der Waals surface area contributed by atoms with Crippen molar-refractivity contribution in [1.29, 1.82) is 0 Å². The van der Waals surface area contributed by atoms with Crippen LogP contribution in [0.4, 0.5) is 0 Å². The van der Waals surface area contributed by atoms with Crippen LogP contribution in [0.25, 0.3) is 111 Å². The Morgan fingerprint density at radius 1 is 0.370 bits per heavy atom. The summed E-state index contributed by atoms with van der Waals surface area (Å²) in [7, 11) is 0. The van der Waals surface area contributed by atoms with Crippen LogP contribution in [0.5, 0.6) is 0 Å². The van der Waals surface area contributed by atoms with Gasteiger partial charge >= 0.3 is 0 Å². The number of hydrogen-bond acceptors (Lipinski definition) is 6. The predicted molar refractivity (Wildman–Crippen MR) is 217 cm³/mol. The number of benzene rings is 7. The predicted octanol–water partition coefficient (Wildman–Crippen LogP) is 12.6. The molecule has 6 heteroatoms. The van der Waals surface area contributed by atoms with Crippen molar-refractivity contribution in [2.75, 3.05) is 0 Å². The summed E-state index contributed by atoms with van der Waals surface area (Å²) >= 11 is 0. The lowest BCUT2D eigenvalue weighted by atomic mass is 9.91. The number of aromatic nitrogens is 4. The molecule has 54 heavy (non-hydrogen) atoms. The first-order valence-electron chi connectivity index (χ1n) is 17.9. The number of hydrogen-bond donors (Lipinski definition) is 0. The molecular weight excluding hydrogens is 665 g/mol. The fraction of sp³-hybridized carbons (Fsp3) is 0. The lowest BCUT2D eigenvalue weighted by molar-refractivity contribution is 0.669. The van der Waals surface area contributed by atoms with Gasteiger partial charge in [0.05, 0.1) is 5.52 Å². The van der Waals surface area contributed by atoms with Gasteiger partial charge in [0.1, 0.15) is 22.3 Å². The maximum absolute atomic E-state index is 6.79. The topological polar surface area (TPSA) is 77.8 Å². The summed E-state index contributed by atoms with van der Waals surface area (Å²) in [5.74, 6) is 1.73. The zero-order valence-electron chi connectivity index (χ0n) is 28.8. The van der Waals surface area contributed by atoms with E-state index in [1.165, 1.54) is 0 Å². The first kappa shape index (κ1) is 30.2. The minimum atomic E-state index is 0.571. The molecular formula is C48H28N4O2. The van der Waals surface area contributed by atoms with Gasteiger partial charge in [-0.3, -0.25) is 4.98 Å². The van der Waals surface area contributed by atoms with Crippen LogP contribution >= 0.6 is 0 Å². The Labute approximate surface area is 309 Å². The molecule has 252 valence electrons. The molecule has 6 nitrogen and oxygen atoms in total. The van der Waals surface area contributed by atoms with Crippen LogP contribution in [-0.4, -0.2) is 19.9 Å². The standard InChI is InChI=1S/C48H28N4O2/c1-3-13-29(14-4-1)32-24-25-34(44-38-27-31-17-12-26-49-39(31)28-42(38)54-45(32)44)33-18-7-8-19-35(33)47-50-46(30-15-5-2-6-16-30)51-48(52-47)37-21-11-23-41-43(37)36-20-9-10-22-40(36)53-41/h1-28H. The molecule has 0 saturated heterocycles. The van der Waals surface area contributed by atoms with Gasteiger partial charge in [-0.2, -0.15) is 0 Å². The highest BCUT2D eigenvalue weighted by molar-refractivity contribution is 6.19. The Balaban J connectivity index is 1.19. The summed E-state index contributed by atoms with van der Waals surface area (Å²) in [5.41, 5.74) is 10.9. The van der Waals surface area contributed by atoms with Crippen LogP contribution in [0, 0.1) is 0 Å². The minimum Gasteiger partial charge on any atom is -0.456 e. The van der Waals surface area contributed by atoms with Crippen molar-refractivity contribution >= 4 is 54.8 Å². The van der Waals surface area contributed by atoms with E-state index in [-0.39, 0.29) is 0 Å². The van der Waals surface area contributed by atoms with E-state index < -0.39 is 0 Å². The largest absolute Gasteiger partial charge is 0.456 e. The summed E-state index contributed by atoms with van der Waals surface area (Å²) in [5, 5.41) is 5.08. The lowest BCUT2D eigenvalue weighted by Crippen LogP contribution is -2.01. The average Bonchev–Trinajstić information content (AvgIpc) is 3.81. The molecule has 0 radical (unpaired) electrons. The van der Waals surface area contributed by atoms with Crippen LogP contribution in [0.2, 0.25) is 0 Å². The van der Waals surface area contributed by atoms with Gasteiger partial charge in [0.25, 0.3) is 0 Å². The molecule has 0 bridgehead atoms. The second-order valence-electron chi connectivity index (χ2n) is 13.4. The normalized spacial score (nSPS) is 11.7. The molecule has 0 aliphatic rings. The van der Waals surface area contributed by atoms with Gasteiger partial charge < -0.3 is 8.83 Å². The van der Waals surface area contributed by atoms with Gasteiger partial charge in [0.2, 0.25) is 0 Å². The van der Waals surface area contributed by atoms with Gasteiger partial charge in [0.15, 0.2) is 17.5 Å². The molecule has 0 aliphatic carbocycles. The second-order valence-corrected chi connectivity index (χ2v) is 13.4. The van der Waals surface area contributed by atoms with Gasteiger partial charge in [-0.1, -0.05) is 127 Å². The molecule has 0 amide bonds. The molecule has 0 fully saturated rings. The Bertz CT molecular complexity index is 3220. The minimum absolute atomic E-state index is 0.571. The van der Waals surface area contributed by atoms with E-state index in [2.05, 4.69) is 83.8 Å². The fourth-order valence-electron chi connectivity index (χ4n) is 7.72. The molecule has 0 N–H and O–H groups in total. The zero-order chi connectivity index (χ0) is 35.6. The molecule has 0 atom stereocenters. The van der Waals surface area contributed by atoms with E-state index in [4.69, 9.17) is 23.8 Å². The lowest BCUT2D eigenvalue weighted by Gasteiger charge is -2.14. The van der Waals surface area contributed by atoms with Crippen molar-refractivity contribution in [2.45, 2.75) is 0 Å². The molecule has 4 heterocycles. The van der Waals surface area contributed by atoms with Crippen molar-refractivity contribution in [1.82, 2.24) is 19.9 Å². The Morgan fingerprint density at radius 3 is 1.89 bits per heavy atom. The third-order valence-corrected chi connectivity index (χ3v) is 10.2. The van der Waals surface area contributed by atoms with Crippen LogP contribution in [0.1, 0.15) is 0 Å². The highest BCUT2D eigenvalue weighted by atomic mass is 16.3. The van der Waals surface area contributed by atoms with Crippen molar-refractivity contribution in [3.8, 4) is 56.4 Å². The average molecular weight is 693 g/mol. The van der Waals surface area contributed by atoms with Gasteiger partial charge in [0, 0.05) is 61.4 Å². The van der Waals surface area contributed by atoms with Crippen LogP contribution in [0.3, 0.4) is 0 Å². The van der Waals surface area contributed by atoms with Gasteiger partial charge in [-0.15, -0.1) is 0 Å². The van der Waals surface area contributed by atoms with E-state index in [1.807, 2.05) is 91.1 Å². The summed E-state index contributed by atoms with van der Waals surface area (Å²) in [6.07, 6.45) is 1.82. The van der Waals surface area contributed by atoms with Crippen LogP contribution in [0.15, 0.2) is 179 Å². The first-order valence-corrected chi connectivity index (χ1v) is 17.9. The van der Waals surface area contributed by atoms with Crippen molar-refractivity contribution in [3.05, 3.63) is 170 Å². The van der Waals surface area contributed by atoms with Crippen LogP contribution in [-0.2, 0) is 0 Å². The fourth-order valence-corrected chi connectivity index (χ4v) is 7.72. The Kier molecular flexibility index (Phi) is 6.75.